The average Bonchev–Trinajstić information content (AvgIpc) is 2.74. The van der Waals surface area contributed by atoms with Gasteiger partial charge in [-0.15, -0.1) is 0 Å². The van der Waals surface area contributed by atoms with Gasteiger partial charge in [-0.25, -0.2) is 9.97 Å². The Morgan fingerprint density at radius 1 is 1.17 bits per heavy atom. The maximum absolute atomic E-state index is 13.5. The molecule has 0 radical (unpaired) electrons. The first-order valence-electron chi connectivity index (χ1n) is 10.7. The fraction of sp³-hybridized carbons (Fsp3) is 0.714. The van der Waals surface area contributed by atoms with Crippen LogP contribution in [-0.4, -0.2) is 109 Å². The predicted octanol–water partition coefficient (Wildman–Crippen LogP) is 0.636. The molecule has 3 rings (SSSR count). The van der Waals surface area contributed by atoms with Crippen LogP contribution in [0.25, 0.3) is 0 Å². The number of aryl methyl sites for hydroxylation is 1. The van der Waals surface area contributed by atoms with Crippen LogP contribution >= 0.6 is 0 Å². The van der Waals surface area contributed by atoms with Gasteiger partial charge in [0.2, 0.25) is 11.9 Å². The van der Waals surface area contributed by atoms with Crippen molar-refractivity contribution in [2.75, 3.05) is 71.5 Å². The maximum atomic E-state index is 13.5. The topological polar surface area (TPSA) is 82.1 Å². The summed E-state index contributed by atoms with van der Waals surface area (Å²) < 4.78 is 5.44. The summed E-state index contributed by atoms with van der Waals surface area (Å²) in [6, 6.07) is 0.113. The van der Waals surface area contributed by atoms with Crippen molar-refractivity contribution in [2.45, 2.75) is 32.7 Å². The minimum absolute atomic E-state index is 0.0210. The standard InChI is InChI=1S/C21H34N6O3/c1-16-19(15-22-21(23-16)24(3)4)20(29)27(10-9-25-11-13-30-14-12-25)18-5-7-26(8-6-18)17(2)28/h15,18H,5-14H2,1-4H3. The van der Waals surface area contributed by atoms with Crippen LogP contribution in [0, 0.1) is 6.92 Å². The van der Waals surface area contributed by atoms with Crippen molar-refractivity contribution in [1.29, 1.82) is 0 Å². The highest BCUT2D eigenvalue weighted by Gasteiger charge is 2.31. The summed E-state index contributed by atoms with van der Waals surface area (Å²) in [5.74, 6) is 0.675. The average molecular weight is 419 g/mol. The van der Waals surface area contributed by atoms with E-state index in [4.69, 9.17) is 4.74 Å². The first-order valence-corrected chi connectivity index (χ1v) is 10.7. The third-order valence-electron chi connectivity index (χ3n) is 5.97. The van der Waals surface area contributed by atoms with E-state index in [1.165, 1.54) is 0 Å². The summed E-state index contributed by atoms with van der Waals surface area (Å²) in [6.45, 7) is 9.58. The normalized spacial score (nSPS) is 18.3. The molecule has 0 atom stereocenters. The first-order chi connectivity index (χ1) is 14.4. The first kappa shape index (κ1) is 22.4. The number of rotatable bonds is 6. The molecule has 0 unspecified atom stereocenters. The Kier molecular flexibility index (Phi) is 7.60. The van der Waals surface area contributed by atoms with Crippen LogP contribution in [0.2, 0.25) is 0 Å². The van der Waals surface area contributed by atoms with E-state index in [0.717, 1.165) is 45.7 Å². The zero-order valence-electron chi connectivity index (χ0n) is 18.6. The second kappa shape index (κ2) is 10.2. The number of amides is 2. The minimum atomic E-state index is -0.0210. The van der Waals surface area contributed by atoms with E-state index in [0.29, 0.717) is 36.8 Å². The number of hydrogen-bond donors (Lipinski definition) is 0. The van der Waals surface area contributed by atoms with Gasteiger partial charge in [0.1, 0.15) is 0 Å². The van der Waals surface area contributed by atoms with E-state index >= 15 is 0 Å². The van der Waals surface area contributed by atoms with Gasteiger partial charge in [0.15, 0.2) is 0 Å². The second-order valence-corrected chi connectivity index (χ2v) is 8.25. The summed E-state index contributed by atoms with van der Waals surface area (Å²) >= 11 is 0. The summed E-state index contributed by atoms with van der Waals surface area (Å²) in [6.07, 6.45) is 3.24. The third-order valence-corrected chi connectivity index (χ3v) is 5.97. The molecular weight excluding hydrogens is 384 g/mol. The molecule has 9 heteroatoms. The Bertz CT molecular complexity index is 742. The number of carbonyl (C=O) groups is 2. The van der Waals surface area contributed by atoms with E-state index in [-0.39, 0.29) is 17.9 Å². The van der Waals surface area contributed by atoms with Gasteiger partial charge >= 0.3 is 0 Å². The number of aromatic nitrogens is 2. The van der Waals surface area contributed by atoms with Crippen molar-refractivity contribution in [3.8, 4) is 0 Å². The molecule has 2 fully saturated rings. The molecule has 166 valence electrons. The summed E-state index contributed by atoms with van der Waals surface area (Å²) in [7, 11) is 3.77. The van der Waals surface area contributed by atoms with Gasteiger partial charge in [-0.1, -0.05) is 0 Å². The molecule has 1 aromatic heterocycles. The summed E-state index contributed by atoms with van der Waals surface area (Å²) in [4.78, 5) is 42.1. The molecule has 0 aromatic carbocycles. The maximum Gasteiger partial charge on any atom is 0.257 e. The van der Waals surface area contributed by atoms with Crippen LogP contribution < -0.4 is 4.90 Å². The number of anilines is 1. The van der Waals surface area contributed by atoms with Crippen molar-refractivity contribution >= 4 is 17.8 Å². The molecule has 2 aliphatic rings. The number of nitrogens with zero attached hydrogens (tertiary/aromatic N) is 6. The highest BCUT2D eigenvalue weighted by atomic mass is 16.5. The number of hydrogen-bond acceptors (Lipinski definition) is 7. The smallest absolute Gasteiger partial charge is 0.257 e. The lowest BCUT2D eigenvalue weighted by atomic mass is 10.0. The minimum Gasteiger partial charge on any atom is -0.379 e. The molecule has 0 bridgehead atoms. The van der Waals surface area contributed by atoms with E-state index in [1.54, 1.807) is 13.1 Å². The molecule has 9 nitrogen and oxygen atoms in total. The van der Waals surface area contributed by atoms with E-state index in [2.05, 4.69) is 14.9 Å². The van der Waals surface area contributed by atoms with Gasteiger partial charge in [0.05, 0.1) is 24.5 Å². The van der Waals surface area contributed by atoms with Crippen LogP contribution in [0.5, 0.6) is 0 Å². The molecular formula is C21H34N6O3. The van der Waals surface area contributed by atoms with Crippen molar-refractivity contribution in [3.63, 3.8) is 0 Å². The summed E-state index contributed by atoms with van der Waals surface area (Å²) in [5.41, 5.74) is 1.24. The Morgan fingerprint density at radius 2 is 1.83 bits per heavy atom. The molecule has 0 spiro atoms. The van der Waals surface area contributed by atoms with Crippen LogP contribution in [0.4, 0.5) is 5.95 Å². The second-order valence-electron chi connectivity index (χ2n) is 8.25. The van der Waals surface area contributed by atoms with Crippen LogP contribution in [0.1, 0.15) is 35.8 Å². The molecule has 0 saturated carbocycles. The quantitative estimate of drug-likeness (QED) is 0.670. The van der Waals surface area contributed by atoms with Crippen LogP contribution in [0.15, 0.2) is 6.20 Å². The van der Waals surface area contributed by atoms with E-state index < -0.39 is 0 Å². The number of carbonyl (C=O) groups excluding carboxylic acids is 2. The number of ether oxygens (including phenoxy) is 1. The number of morpholine rings is 1. The summed E-state index contributed by atoms with van der Waals surface area (Å²) in [5, 5.41) is 0. The molecule has 0 N–H and O–H groups in total. The van der Waals surface area contributed by atoms with Crippen molar-refractivity contribution in [2.24, 2.45) is 0 Å². The lowest BCUT2D eigenvalue weighted by Crippen LogP contribution is -2.51. The van der Waals surface area contributed by atoms with E-state index in [1.807, 2.05) is 35.7 Å². The molecule has 1 aromatic rings. The van der Waals surface area contributed by atoms with Gasteiger partial charge in [0, 0.05) is 72.5 Å². The molecule has 2 saturated heterocycles. The van der Waals surface area contributed by atoms with Gasteiger partial charge in [-0.2, -0.15) is 0 Å². The molecule has 3 heterocycles. The van der Waals surface area contributed by atoms with Crippen molar-refractivity contribution in [3.05, 3.63) is 17.5 Å². The number of likely N-dealkylation sites (tertiary alicyclic amines) is 1. The SMILES string of the molecule is CC(=O)N1CCC(N(CCN2CCOCC2)C(=O)c2cnc(N(C)C)nc2C)CC1. The molecule has 0 aliphatic carbocycles. The zero-order valence-corrected chi connectivity index (χ0v) is 18.6. The Balaban J connectivity index is 1.75. The number of piperidine rings is 1. The molecule has 30 heavy (non-hydrogen) atoms. The van der Waals surface area contributed by atoms with Gasteiger partial charge in [0.25, 0.3) is 5.91 Å². The molecule has 2 amide bonds. The largest absolute Gasteiger partial charge is 0.379 e. The van der Waals surface area contributed by atoms with Crippen molar-refractivity contribution in [1.82, 2.24) is 24.7 Å². The Hall–Kier alpha value is -2.26. The van der Waals surface area contributed by atoms with E-state index in [9.17, 15) is 9.59 Å². The Morgan fingerprint density at radius 3 is 2.40 bits per heavy atom. The Labute approximate surface area is 179 Å². The fourth-order valence-corrected chi connectivity index (χ4v) is 4.05. The van der Waals surface area contributed by atoms with Gasteiger partial charge < -0.3 is 19.4 Å². The fourth-order valence-electron chi connectivity index (χ4n) is 4.05. The third kappa shape index (κ3) is 5.46. The highest BCUT2D eigenvalue weighted by Crippen LogP contribution is 2.21. The van der Waals surface area contributed by atoms with Crippen LogP contribution in [0.3, 0.4) is 0 Å². The lowest BCUT2D eigenvalue weighted by Gasteiger charge is -2.39. The lowest BCUT2D eigenvalue weighted by molar-refractivity contribution is -0.130. The molecule has 2 aliphatic heterocycles. The highest BCUT2D eigenvalue weighted by molar-refractivity contribution is 5.95. The van der Waals surface area contributed by atoms with Gasteiger partial charge in [-0.3, -0.25) is 14.5 Å². The predicted molar refractivity (Wildman–Crippen MR) is 115 cm³/mol. The zero-order chi connectivity index (χ0) is 21.7. The van der Waals surface area contributed by atoms with Crippen LogP contribution in [-0.2, 0) is 9.53 Å². The monoisotopic (exact) mass is 418 g/mol. The van der Waals surface area contributed by atoms with Gasteiger partial charge in [-0.05, 0) is 19.8 Å². The van der Waals surface area contributed by atoms with Crippen molar-refractivity contribution < 1.29 is 14.3 Å².